The van der Waals surface area contributed by atoms with E-state index in [0.29, 0.717) is 23.4 Å². The number of nitrogens with zero attached hydrogens (tertiary/aromatic N) is 2. The Hall–Kier alpha value is -2.05. The Morgan fingerprint density at radius 2 is 2.05 bits per heavy atom. The van der Waals surface area contributed by atoms with Gasteiger partial charge in [-0.25, -0.2) is 9.97 Å². The molecule has 1 aliphatic carbocycles. The summed E-state index contributed by atoms with van der Waals surface area (Å²) >= 11 is 0. The fourth-order valence-electron chi connectivity index (χ4n) is 1.66. The van der Waals surface area contributed by atoms with Gasteiger partial charge >= 0.3 is 0 Å². The Morgan fingerprint density at radius 1 is 1.37 bits per heavy atom. The van der Waals surface area contributed by atoms with E-state index in [-0.39, 0.29) is 12.5 Å². The number of carbonyl (C=O) groups excluding carboxylic acids is 1. The average molecular weight is 265 g/mol. The zero-order chi connectivity index (χ0) is 13.7. The van der Waals surface area contributed by atoms with Crippen molar-refractivity contribution in [3.63, 3.8) is 0 Å². The van der Waals surface area contributed by atoms with E-state index in [1.807, 2.05) is 6.92 Å². The van der Waals surface area contributed by atoms with Crippen LogP contribution in [0.4, 0.5) is 11.6 Å². The van der Waals surface area contributed by atoms with E-state index in [4.69, 9.17) is 4.74 Å². The maximum atomic E-state index is 11.6. The van der Waals surface area contributed by atoms with Crippen LogP contribution in [0.15, 0.2) is 6.33 Å². The number of rotatable bonds is 7. The molecule has 0 unspecified atom stereocenters. The maximum absolute atomic E-state index is 11.6. The standard InChI is InChI=1S/C12H19N5O2/c1-3-13-11-10(19-2)12(16-7-15-11)14-6-9(18)17-8-4-5-8/h7-8H,3-6H2,1-2H3,(H,17,18)(H2,13,14,15,16). The van der Waals surface area contributed by atoms with Gasteiger partial charge in [0.2, 0.25) is 11.7 Å². The van der Waals surface area contributed by atoms with E-state index in [2.05, 4.69) is 25.9 Å². The molecule has 0 radical (unpaired) electrons. The summed E-state index contributed by atoms with van der Waals surface area (Å²) in [7, 11) is 1.55. The predicted octanol–water partition coefficient (Wildman–Crippen LogP) is 0.607. The van der Waals surface area contributed by atoms with Crippen LogP contribution in [0, 0.1) is 0 Å². The van der Waals surface area contributed by atoms with Crippen LogP contribution in [0.1, 0.15) is 19.8 Å². The normalized spacial score (nSPS) is 13.8. The van der Waals surface area contributed by atoms with Crippen LogP contribution in [0.25, 0.3) is 0 Å². The zero-order valence-electron chi connectivity index (χ0n) is 11.2. The minimum atomic E-state index is -0.0341. The van der Waals surface area contributed by atoms with Gasteiger partial charge in [-0.3, -0.25) is 4.79 Å². The third kappa shape index (κ3) is 3.70. The lowest BCUT2D eigenvalue weighted by Crippen LogP contribution is -2.31. The number of amides is 1. The Kier molecular flexibility index (Phi) is 4.38. The first kappa shape index (κ1) is 13.4. The highest BCUT2D eigenvalue weighted by atomic mass is 16.5. The molecule has 0 atom stereocenters. The number of hydrogen-bond acceptors (Lipinski definition) is 6. The van der Waals surface area contributed by atoms with Crippen LogP contribution >= 0.6 is 0 Å². The average Bonchev–Trinajstić information content (AvgIpc) is 3.21. The number of hydrogen-bond donors (Lipinski definition) is 3. The first-order valence-electron chi connectivity index (χ1n) is 6.40. The highest BCUT2D eigenvalue weighted by molar-refractivity contribution is 5.81. The summed E-state index contributed by atoms with van der Waals surface area (Å²) in [5, 5.41) is 8.95. The second-order valence-corrected chi connectivity index (χ2v) is 4.33. The molecule has 0 spiro atoms. The largest absolute Gasteiger partial charge is 0.490 e. The Morgan fingerprint density at radius 3 is 2.63 bits per heavy atom. The van der Waals surface area contributed by atoms with Crippen LogP contribution in [-0.2, 0) is 4.79 Å². The minimum Gasteiger partial charge on any atom is -0.490 e. The van der Waals surface area contributed by atoms with Gasteiger partial charge in [0, 0.05) is 12.6 Å². The fourth-order valence-corrected chi connectivity index (χ4v) is 1.66. The van der Waals surface area contributed by atoms with Crippen LogP contribution < -0.4 is 20.7 Å². The third-order valence-electron chi connectivity index (χ3n) is 2.71. The molecule has 2 rings (SSSR count). The Balaban J connectivity index is 1.97. The van der Waals surface area contributed by atoms with Crippen molar-refractivity contribution in [2.45, 2.75) is 25.8 Å². The van der Waals surface area contributed by atoms with E-state index in [1.54, 1.807) is 7.11 Å². The quantitative estimate of drug-likeness (QED) is 0.669. The first-order valence-corrected chi connectivity index (χ1v) is 6.40. The van der Waals surface area contributed by atoms with Gasteiger partial charge in [-0.05, 0) is 19.8 Å². The van der Waals surface area contributed by atoms with Crippen LogP contribution in [0.3, 0.4) is 0 Å². The topological polar surface area (TPSA) is 88.2 Å². The van der Waals surface area contributed by atoms with Gasteiger partial charge in [-0.15, -0.1) is 0 Å². The van der Waals surface area contributed by atoms with E-state index < -0.39 is 0 Å². The molecular formula is C12H19N5O2. The summed E-state index contributed by atoms with van der Waals surface area (Å²) in [5.74, 6) is 1.61. The molecule has 7 nitrogen and oxygen atoms in total. The molecule has 1 aromatic rings. The number of methoxy groups -OCH3 is 1. The summed E-state index contributed by atoms with van der Waals surface area (Å²) in [5.41, 5.74) is 0. The number of carbonyl (C=O) groups is 1. The maximum Gasteiger partial charge on any atom is 0.239 e. The molecular weight excluding hydrogens is 246 g/mol. The van der Waals surface area contributed by atoms with Gasteiger partial charge in [0.1, 0.15) is 6.33 Å². The smallest absolute Gasteiger partial charge is 0.239 e. The van der Waals surface area contributed by atoms with Crippen molar-refractivity contribution in [1.29, 1.82) is 0 Å². The number of anilines is 2. The molecule has 1 heterocycles. The van der Waals surface area contributed by atoms with Crippen LogP contribution in [0.2, 0.25) is 0 Å². The van der Waals surface area contributed by atoms with Gasteiger partial charge in [0.05, 0.1) is 13.7 Å². The third-order valence-corrected chi connectivity index (χ3v) is 2.71. The van der Waals surface area contributed by atoms with Gasteiger partial charge < -0.3 is 20.7 Å². The number of ether oxygens (including phenoxy) is 1. The second kappa shape index (κ2) is 6.21. The van der Waals surface area contributed by atoms with Crippen molar-refractivity contribution in [3.05, 3.63) is 6.33 Å². The molecule has 19 heavy (non-hydrogen) atoms. The summed E-state index contributed by atoms with van der Waals surface area (Å²) in [6, 6.07) is 0.360. The van der Waals surface area contributed by atoms with E-state index in [1.165, 1.54) is 6.33 Å². The van der Waals surface area contributed by atoms with Crippen molar-refractivity contribution in [2.24, 2.45) is 0 Å². The van der Waals surface area contributed by atoms with Crippen LogP contribution in [0.5, 0.6) is 5.75 Å². The molecule has 1 aromatic heterocycles. The van der Waals surface area contributed by atoms with Crippen molar-refractivity contribution >= 4 is 17.5 Å². The number of aromatic nitrogens is 2. The van der Waals surface area contributed by atoms with Crippen molar-refractivity contribution in [2.75, 3.05) is 30.8 Å². The molecule has 1 saturated carbocycles. The van der Waals surface area contributed by atoms with Gasteiger partial charge in [-0.1, -0.05) is 0 Å². The Labute approximate surface area is 112 Å². The lowest BCUT2D eigenvalue weighted by atomic mass is 10.4. The molecule has 0 bridgehead atoms. The van der Waals surface area contributed by atoms with Crippen molar-refractivity contribution in [1.82, 2.24) is 15.3 Å². The SMILES string of the molecule is CCNc1ncnc(NCC(=O)NC2CC2)c1OC. The molecule has 1 amide bonds. The van der Waals surface area contributed by atoms with E-state index in [9.17, 15) is 4.79 Å². The van der Waals surface area contributed by atoms with E-state index >= 15 is 0 Å². The highest BCUT2D eigenvalue weighted by Gasteiger charge is 2.23. The number of nitrogens with one attached hydrogen (secondary N) is 3. The summed E-state index contributed by atoms with van der Waals surface area (Å²) in [4.78, 5) is 19.8. The first-order chi connectivity index (χ1) is 9.24. The second-order valence-electron chi connectivity index (χ2n) is 4.33. The molecule has 1 aliphatic rings. The highest BCUT2D eigenvalue weighted by Crippen LogP contribution is 2.28. The predicted molar refractivity (Wildman–Crippen MR) is 72.4 cm³/mol. The van der Waals surface area contributed by atoms with Crippen molar-refractivity contribution < 1.29 is 9.53 Å². The lowest BCUT2D eigenvalue weighted by Gasteiger charge is -2.13. The summed E-state index contributed by atoms with van der Waals surface area (Å²) in [6.45, 7) is 2.88. The molecule has 0 aliphatic heterocycles. The summed E-state index contributed by atoms with van der Waals surface area (Å²) < 4.78 is 5.27. The molecule has 0 aromatic carbocycles. The van der Waals surface area contributed by atoms with E-state index in [0.717, 1.165) is 19.4 Å². The minimum absolute atomic E-state index is 0.0341. The summed E-state index contributed by atoms with van der Waals surface area (Å²) in [6.07, 6.45) is 3.59. The molecule has 3 N–H and O–H groups in total. The molecule has 7 heteroatoms. The zero-order valence-corrected chi connectivity index (χ0v) is 11.2. The Bertz CT molecular complexity index is 448. The fraction of sp³-hybridized carbons (Fsp3) is 0.583. The van der Waals surface area contributed by atoms with Crippen LogP contribution in [-0.4, -0.2) is 42.1 Å². The van der Waals surface area contributed by atoms with Gasteiger partial charge in [0.15, 0.2) is 11.6 Å². The van der Waals surface area contributed by atoms with Crippen molar-refractivity contribution in [3.8, 4) is 5.75 Å². The molecule has 0 saturated heterocycles. The lowest BCUT2D eigenvalue weighted by molar-refractivity contribution is -0.119. The van der Waals surface area contributed by atoms with Gasteiger partial charge in [0.25, 0.3) is 0 Å². The molecule has 104 valence electrons. The molecule has 1 fully saturated rings. The monoisotopic (exact) mass is 265 g/mol. The van der Waals surface area contributed by atoms with Gasteiger partial charge in [-0.2, -0.15) is 0 Å².